The SMILES string of the molecule is Cn1cc(NC(=O)c2ccc([N+](=O)[O-])o2)cn1. The van der Waals surface area contributed by atoms with Gasteiger partial charge in [0.25, 0.3) is 5.91 Å². The van der Waals surface area contributed by atoms with Crippen molar-refractivity contribution in [3.8, 4) is 0 Å². The molecule has 88 valence electrons. The zero-order valence-electron chi connectivity index (χ0n) is 8.78. The third-order valence-electron chi connectivity index (χ3n) is 1.96. The number of nitrogens with zero attached hydrogens (tertiary/aromatic N) is 3. The van der Waals surface area contributed by atoms with Crippen LogP contribution in [0.3, 0.4) is 0 Å². The molecule has 0 bridgehead atoms. The smallest absolute Gasteiger partial charge is 0.395 e. The largest absolute Gasteiger partial charge is 0.433 e. The Labute approximate surface area is 95.0 Å². The molecule has 0 aliphatic rings. The lowest BCUT2D eigenvalue weighted by molar-refractivity contribution is -0.402. The van der Waals surface area contributed by atoms with Gasteiger partial charge >= 0.3 is 5.88 Å². The van der Waals surface area contributed by atoms with Crippen molar-refractivity contribution in [2.45, 2.75) is 0 Å². The first kappa shape index (κ1) is 10.9. The second kappa shape index (κ2) is 4.08. The van der Waals surface area contributed by atoms with Crippen LogP contribution >= 0.6 is 0 Å². The van der Waals surface area contributed by atoms with Crippen molar-refractivity contribution in [2.24, 2.45) is 7.05 Å². The lowest BCUT2D eigenvalue weighted by Gasteiger charge is -1.97. The molecule has 2 heterocycles. The number of rotatable bonds is 3. The molecule has 0 saturated carbocycles. The molecule has 0 aliphatic heterocycles. The third-order valence-corrected chi connectivity index (χ3v) is 1.96. The van der Waals surface area contributed by atoms with Gasteiger partial charge < -0.3 is 9.73 Å². The van der Waals surface area contributed by atoms with Crippen LogP contribution in [0, 0.1) is 10.1 Å². The Morgan fingerprint density at radius 1 is 1.59 bits per heavy atom. The maximum absolute atomic E-state index is 11.6. The number of nitro groups is 1. The predicted molar refractivity (Wildman–Crippen MR) is 56.5 cm³/mol. The monoisotopic (exact) mass is 236 g/mol. The number of anilines is 1. The van der Waals surface area contributed by atoms with Gasteiger partial charge in [0.1, 0.15) is 4.92 Å². The first-order chi connectivity index (χ1) is 8.06. The highest BCUT2D eigenvalue weighted by atomic mass is 16.6. The van der Waals surface area contributed by atoms with E-state index in [0.29, 0.717) is 5.69 Å². The van der Waals surface area contributed by atoms with Crippen molar-refractivity contribution in [3.05, 3.63) is 40.4 Å². The van der Waals surface area contributed by atoms with E-state index in [0.717, 1.165) is 6.07 Å². The maximum Gasteiger partial charge on any atom is 0.433 e. The van der Waals surface area contributed by atoms with Crippen LogP contribution in [0.1, 0.15) is 10.6 Å². The Hall–Kier alpha value is -2.64. The molecule has 1 N–H and O–H groups in total. The van der Waals surface area contributed by atoms with Crippen LogP contribution in [0.15, 0.2) is 28.9 Å². The van der Waals surface area contributed by atoms with E-state index in [1.165, 1.54) is 16.9 Å². The Kier molecular flexibility index (Phi) is 2.61. The van der Waals surface area contributed by atoms with E-state index >= 15 is 0 Å². The van der Waals surface area contributed by atoms with Gasteiger partial charge in [-0.1, -0.05) is 0 Å². The molecule has 0 spiro atoms. The zero-order valence-corrected chi connectivity index (χ0v) is 8.78. The van der Waals surface area contributed by atoms with E-state index in [9.17, 15) is 14.9 Å². The van der Waals surface area contributed by atoms with E-state index in [2.05, 4.69) is 10.4 Å². The number of carbonyl (C=O) groups excluding carboxylic acids is 1. The van der Waals surface area contributed by atoms with E-state index < -0.39 is 16.7 Å². The topological polar surface area (TPSA) is 103 Å². The second-order valence-electron chi connectivity index (χ2n) is 3.25. The van der Waals surface area contributed by atoms with E-state index in [-0.39, 0.29) is 5.76 Å². The lowest BCUT2D eigenvalue weighted by Crippen LogP contribution is -2.10. The van der Waals surface area contributed by atoms with Crippen LogP contribution < -0.4 is 5.32 Å². The van der Waals surface area contributed by atoms with Crippen molar-refractivity contribution in [1.29, 1.82) is 0 Å². The summed E-state index contributed by atoms with van der Waals surface area (Å²) in [6.07, 6.45) is 3.05. The van der Waals surface area contributed by atoms with Crippen LogP contribution in [0.25, 0.3) is 0 Å². The standard InChI is InChI=1S/C9H8N4O4/c1-12-5-6(4-10-12)11-9(14)7-2-3-8(17-7)13(15)16/h2-5H,1H3,(H,11,14). The van der Waals surface area contributed by atoms with Crippen LogP contribution in [0.2, 0.25) is 0 Å². The quantitative estimate of drug-likeness (QED) is 0.636. The van der Waals surface area contributed by atoms with Crippen molar-refractivity contribution in [1.82, 2.24) is 9.78 Å². The van der Waals surface area contributed by atoms with E-state index in [1.54, 1.807) is 13.2 Å². The minimum atomic E-state index is -0.707. The normalized spacial score (nSPS) is 10.2. The van der Waals surface area contributed by atoms with Gasteiger partial charge in [-0.15, -0.1) is 0 Å². The summed E-state index contributed by atoms with van der Waals surface area (Å²) in [5, 5.41) is 16.7. The van der Waals surface area contributed by atoms with Gasteiger partial charge in [-0.2, -0.15) is 5.10 Å². The molecular weight excluding hydrogens is 228 g/mol. The zero-order chi connectivity index (χ0) is 12.4. The van der Waals surface area contributed by atoms with Crippen molar-refractivity contribution >= 4 is 17.5 Å². The number of hydrogen-bond donors (Lipinski definition) is 1. The van der Waals surface area contributed by atoms with Gasteiger partial charge in [0.05, 0.1) is 18.0 Å². The number of nitrogens with one attached hydrogen (secondary N) is 1. The highest BCUT2D eigenvalue weighted by molar-refractivity contribution is 6.02. The summed E-state index contributed by atoms with van der Waals surface area (Å²) in [6, 6.07) is 2.36. The average molecular weight is 236 g/mol. The molecule has 0 radical (unpaired) electrons. The fraction of sp³-hybridized carbons (Fsp3) is 0.111. The van der Waals surface area contributed by atoms with Gasteiger partial charge in [0.2, 0.25) is 0 Å². The van der Waals surface area contributed by atoms with Gasteiger partial charge in [-0.05, 0) is 6.07 Å². The minimum absolute atomic E-state index is 0.124. The predicted octanol–water partition coefficient (Wildman–Crippen LogP) is 1.17. The Balaban J connectivity index is 2.11. The number of aryl methyl sites for hydroxylation is 1. The Morgan fingerprint density at radius 2 is 2.35 bits per heavy atom. The summed E-state index contributed by atoms with van der Waals surface area (Å²) in [5.41, 5.74) is 0.483. The van der Waals surface area contributed by atoms with Crippen LogP contribution in [-0.2, 0) is 7.05 Å². The molecule has 0 aromatic carbocycles. The van der Waals surface area contributed by atoms with Crippen molar-refractivity contribution in [2.75, 3.05) is 5.32 Å². The molecule has 8 heteroatoms. The fourth-order valence-electron chi connectivity index (χ4n) is 1.23. The molecule has 2 aromatic heterocycles. The molecule has 0 fully saturated rings. The maximum atomic E-state index is 11.6. The molecule has 0 saturated heterocycles. The number of furan rings is 1. The van der Waals surface area contributed by atoms with Crippen LogP contribution in [0.5, 0.6) is 0 Å². The molecule has 0 aliphatic carbocycles. The van der Waals surface area contributed by atoms with Gasteiger partial charge in [-0.25, -0.2) is 0 Å². The molecule has 0 atom stereocenters. The molecular formula is C9H8N4O4. The van der Waals surface area contributed by atoms with Crippen molar-refractivity contribution in [3.63, 3.8) is 0 Å². The number of carbonyl (C=O) groups is 1. The van der Waals surface area contributed by atoms with Crippen LogP contribution in [0.4, 0.5) is 11.6 Å². The average Bonchev–Trinajstić information content (AvgIpc) is 2.86. The summed E-state index contributed by atoms with van der Waals surface area (Å²) < 4.78 is 6.26. The van der Waals surface area contributed by atoms with Gasteiger partial charge in [-0.3, -0.25) is 19.6 Å². The van der Waals surface area contributed by atoms with Crippen molar-refractivity contribution < 1.29 is 14.1 Å². The fourth-order valence-corrected chi connectivity index (χ4v) is 1.23. The molecule has 0 unspecified atom stereocenters. The summed E-state index contributed by atoms with van der Waals surface area (Å²) in [4.78, 5) is 21.3. The summed E-state index contributed by atoms with van der Waals surface area (Å²) in [5.74, 6) is -1.16. The molecule has 1 amide bonds. The molecule has 17 heavy (non-hydrogen) atoms. The Morgan fingerprint density at radius 3 is 2.88 bits per heavy atom. The molecule has 8 nitrogen and oxygen atoms in total. The highest BCUT2D eigenvalue weighted by Crippen LogP contribution is 2.16. The molecule has 2 rings (SSSR count). The number of aromatic nitrogens is 2. The highest BCUT2D eigenvalue weighted by Gasteiger charge is 2.17. The first-order valence-corrected chi connectivity index (χ1v) is 4.60. The summed E-state index contributed by atoms with van der Waals surface area (Å²) in [6.45, 7) is 0. The number of amides is 1. The van der Waals surface area contributed by atoms with E-state index in [4.69, 9.17) is 4.42 Å². The third kappa shape index (κ3) is 2.30. The summed E-state index contributed by atoms with van der Waals surface area (Å²) in [7, 11) is 1.70. The first-order valence-electron chi connectivity index (χ1n) is 4.60. The lowest BCUT2D eigenvalue weighted by atomic mass is 10.4. The van der Waals surface area contributed by atoms with E-state index in [1.807, 2.05) is 0 Å². The second-order valence-corrected chi connectivity index (χ2v) is 3.25. The van der Waals surface area contributed by atoms with Gasteiger partial charge in [0, 0.05) is 13.2 Å². The molecule has 2 aromatic rings. The Bertz CT molecular complexity index is 571. The van der Waals surface area contributed by atoms with Crippen LogP contribution in [-0.4, -0.2) is 20.6 Å². The summed E-state index contributed by atoms with van der Waals surface area (Å²) >= 11 is 0. The van der Waals surface area contributed by atoms with Gasteiger partial charge in [0.15, 0.2) is 5.76 Å². The minimum Gasteiger partial charge on any atom is -0.395 e. The number of hydrogen-bond acceptors (Lipinski definition) is 5.